The maximum atomic E-state index is 13.4. The highest BCUT2D eigenvalue weighted by molar-refractivity contribution is 9.10. The number of rotatable bonds is 8. The molecule has 1 heterocycles. The molecule has 1 atom stereocenters. The number of ether oxygens (including phenoxy) is 3. The molecular formula is C23H21BrFNO6S. The zero-order valence-electron chi connectivity index (χ0n) is 18.1. The van der Waals surface area contributed by atoms with Crippen molar-refractivity contribution < 1.29 is 33.0 Å². The first-order valence-corrected chi connectivity index (χ1v) is 11.5. The van der Waals surface area contributed by atoms with E-state index < -0.39 is 23.2 Å². The Balaban J connectivity index is 1.87. The van der Waals surface area contributed by atoms with E-state index in [0.29, 0.717) is 33.7 Å². The van der Waals surface area contributed by atoms with E-state index in [1.54, 1.807) is 30.3 Å². The maximum Gasteiger partial charge on any atom is 0.328 e. The van der Waals surface area contributed by atoms with Crippen LogP contribution in [0.2, 0.25) is 0 Å². The summed E-state index contributed by atoms with van der Waals surface area (Å²) in [5.41, 5.74) is 1.24. The number of nitrogens with zero attached hydrogens (tertiary/aromatic N) is 1. The zero-order chi connectivity index (χ0) is 24.1. The lowest BCUT2D eigenvalue weighted by atomic mass is 10.1. The van der Waals surface area contributed by atoms with Gasteiger partial charge in [-0.25, -0.2) is 9.18 Å². The molecule has 174 valence electrons. The van der Waals surface area contributed by atoms with Gasteiger partial charge in [0.2, 0.25) is 0 Å². The lowest BCUT2D eigenvalue weighted by Crippen LogP contribution is -2.42. The fourth-order valence-electron chi connectivity index (χ4n) is 3.10. The highest BCUT2D eigenvalue weighted by atomic mass is 79.9. The van der Waals surface area contributed by atoms with Crippen LogP contribution in [0.3, 0.4) is 0 Å². The predicted molar refractivity (Wildman–Crippen MR) is 125 cm³/mol. The minimum absolute atomic E-state index is 0.125. The number of methoxy groups -OCH3 is 1. The molecule has 1 fully saturated rings. The second-order valence-electron chi connectivity index (χ2n) is 6.93. The minimum Gasteiger partial charge on any atom is -0.490 e. The number of imide groups is 1. The fraction of sp³-hybridized carbons (Fsp3) is 0.261. The predicted octanol–water partition coefficient (Wildman–Crippen LogP) is 5.16. The summed E-state index contributed by atoms with van der Waals surface area (Å²) in [5.74, 6) is -0.781. The van der Waals surface area contributed by atoms with Crippen LogP contribution >= 0.6 is 27.7 Å². The standard InChI is InChI=1S/C23H21BrFNO6S/c1-4-31-18-10-15(9-17(24)20(18)32-12-14-6-5-7-16(25)8-14)11-19-21(27)26(23(29)33-19)13(2)22(28)30-3/h5-11,13H,4,12H2,1-3H3/b19-11+/t13-/m1/s1. The summed E-state index contributed by atoms with van der Waals surface area (Å²) in [6, 6.07) is 8.44. The number of hydrogen-bond donors (Lipinski definition) is 0. The van der Waals surface area contributed by atoms with E-state index in [1.165, 1.54) is 26.2 Å². The smallest absolute Gasteiger partial charge is 0.328 e. The molecule has 2 amide bonds. The molecule has 0 aromatic heterocycles. The first-order chi connectivity index (χ1) is 15.7. The van der Waals surface area contributed by atoms with Crippen LogP contribution in [0.25, 0.3) is 6.08 Å². The van der Waals surface area contributed by atoms with Crippen molar-refractivity contribution in [3.63, 3.8) is 0 Å². The van der Waals surface area contributed by atoms with Crippen molar-refractivity contribution in [2.75, 3.05) is 13.7 Å². The molecule has 2 aromatic carbocycles. The second kappa shape index (κ2) is 10.8. The van der Waals surface area contributed by atoms with Crippen LogP contribution in [0, 0.1) is 5.82 Å². The number of halogens is 2. The van der Waals surface area contributed by atoms with Gasteiger partial charge in [-0.3, -0.25) is 14.5 Å². The number of thioether (sulfide) groups is 1. The van der Waals surface area contributed by atoms with Gasteiger partial charge in [-0.05, 0) is 83.0 Å². The summed E-state index contributed by atoms with van der Waals surface area (Å²) >= 11 is 4.20. The van der Waals surface area contributed by atoms with Crippen molar-refractivity contribution >= 4 is 50.9 Å². The molecule has 0 radical (unpaired) electrons. The van der Waals surface area contributed by atoms with Gasteiger partial charge >= 0.3 is 5.97 Å². The highest BCUT2D eigenvalue weighted by Gasteiger charge is 2.41. The van der Waals surface area contributed by atoms with E-state index in [-0.39, 0.29) is 17.3 Å². The first-order valence-electron chi connectivity index (χ1n) is 9.93. The highest BCUT2D eigenvalue weighted by Crippen LogP contribution is 2.40. The van der Waals surface area contributed by atoms with Gasteiger partial charge in [0.1, 0.15) is 18.5 Å². The lowest BCUT2D eigenvalue weighted by Gasteiger charge is -2.18. The molecule has 1 aliphatic rings. The number of benzene rings is 2. The van der Waals surface area contributed by atoms with Crippen molar-refractivity contribution in [2.24, 2.45) is 0 Å². The van der Waals surface area contributed by atoms with E-state index in [4.69, 9.17) is 9.47 Å². The molecule has 0 aliphatic carbocycles. The average Bonchev–Trinajstić information content (AvgIpc) is 3.05. The second-order valence-corrected chi connectivity index (χ2v) is 8.78. The van der Waals surface area contributed by atoms with Crippen molar-refractivity contribution in [1.82, 2.24) is 4.90 Å². The van der Waals surface area contributed by atoms with Crippen LogP contribution < -0.4 is 9.47 Å². The van der Waals surface area contributed by atoms with Crippen LogP contribution in [0.5, 0.6) is 11.5 Å². The first kappa shape index (κ1) is 24.8. The van der Waals surface area contributed by atoms with E-state index >= 15 is 0 Å². The molecule has 1 aliphatic heterocycles. The van der Waals surface area contributed by atoms with Crippen LogP contribution in [0.15, 0.2) is 45.8 Å². The summed E-state index contributed by atoms with van der Waals surface area (Å²) in [4.78, 5) is 37.9. The number of amides is 2. The van der Waals surface area contributed by atoms with Gasteiger partial charge in [-0.15, -0.1) is 0 Å². The molecule has 7 nitrogen and oxygen atoms in total. The Morgan fingerprint density at radius 3 is 2.67 bits per heavy atom. The van der Waals surface area contributed by atoms with Crippen molar-refractivity contribution in [1.29, 1.82) is 0 Å². The number of carbonyl (C=O) groups excluding carboxylic acids is 3. The maximum absolute atomic E-state index is 13.4. The van der Waals surface area contributed by atoms with Gasteiger partial charge in [0.25, 0.3) is 11.1 Å². The summed E-state index contributed by atoms with van der Waals surface area (Å²) < 4.78 is 30.2. The van der Waals surface area contributed by atoms with Gasteiger partial charge in [0.05, 0.1) is 23.1 Å². The Morgan fingerprint density at radius 2 is 2.00 bits per heavy atom. The third-order valence-electron chi connectivity index (χ3n) is 4.65. The van der Waals surface area contributed by atoms with Gasteiger partial charge in [-0.1, -0.05) is 12.1 Å². The molecule has 0 N–H and O–H groups in total. The Morgan fingerprint density at radius 1 is 1.24 bits per heavy atom. The van der Waals surface area contributed by atoms with Gasteiger partial charge in [0.15, 0.2) is 11.5 Å². The SMILES string of the molecule is CCOc1cc(/C=C2/SC(=O)N([C@H](C)C(=O)OC)C2=O)cc(Br)c1OCc1cccc(F)c1. The van der Waals surface area contributed by atoms with E-state index in [2.05, 4.69) is 20.7 Å². The molecule has 0 unspecified atom stereocenters. The van der Waals surface area contributed by atoms with Gasteiger partial charge < -0.3 is 14.2 Å². The lowest BCUT2D eigenvalue weighted by molar-refractivity contribution is -0.148. The van der Waals surface area contributed by atoms with E-state index in [9.17, 15) is 18.8 Å². The number of esters is 1. The molecule has 2 aromatic rings. The summed E-state index contributed by atoms with van der Waals surface area (Å²) in [6.07, 6.45) is 1.54. The van der Waals surface area contributed by atoms with E-state index in [0.717, 1.165) is 16.7 Å². The molecule has 0 saturated carbocycles. The monoisotopic (exact) mass is 537 g/mol. The molecule has 0 spiro atoms. The molecular weight excluding hydrogens is 517 g/mol. The topological polar surface area (TPSA) is 82.1 Å². The number of carbonyl (C=O) groups is 3. The Hall–Kier alpha value is -2.85. The summed E-state index contributed by atoms with van der Waals surface area (Å²) in [5, 5.41) is -0.553. The van der Waals surface area contributed by atoms with E-state index in [1.807, 2.05) is 6.92 Å². The van der Waals surface area contributed by atoms with Crippen molar-refractivity contribution in [3.05, 3.63) is 62.7 Å². The summed E-state index contributed by atoms with van der Waals surface area (Å²) in [7, 11) is 1.19. The van der Waals surface area contributed by atoms with Crippen LogP contribution in [0.4, 0.5) is 9.18 Å². The Labute approximate surface area is 203 Å². The van der Waals surface area contributed by atoms with Crippen molar-refractivity contribution in [3.8, 4) is 11.5 Å². The zero-order valence-corrected chi connectivity index (χ0v) is 20.5. The van der Waals surface area contributed by atoms with Gasteiger partial charge in [-0.2, -0.15) is 0 Å². The molecule has 1 saturated heterocycles. The van der Waals surface area contributed by atoms with Crippen LogP contribution in [-0.2, 0) is 20.9 Å². The van der Waals surface area contributed by atoms with Crippen LogP contribution in [-0.4, -0.2) is 41.8 Å². The minimum atomic E-state index is -1.03. The third kappa shape index (κ3) is 5.75. The molecule has 0 bridgehead atoms. The Kier molecular flexibility index (Phi) is 8.15. The average molecular weight is 538 g/mol. The normalized spacial score (nSPS) is 15.7. The quantitative estimate of drug-likeness (QED) is 0.339. The largest absolute Gasteiger partial charge is 0.490 e. The van der Waals surface area contributed by atoms with Crippen molar-refractivity contribution in [2.45, 2.75) is 26.5 Å². The number of hydrogen-bond acceptors (Lipinski definition) is 7. The fourth-order valence-corrected chi connectivity index (χ4v) is 4.58. The third-order valence-corrected chi connectivity index (χ3v) is 6.13. The molecule has 33 heavy (non-hydrogen) atoms. The van der Waals surface area contributed by atoms with Gasteiger partial charge in [0, 0.05) is 0 Å². The van der Waals surface area contributed by atoms with Crippen LogP contribution in [0.1, 0.15) is 25.0 Å². The molecule has 10 heteroatoms. The molecule has 3 rings (SSSR count). The Bertz CT molecular complexity index is 1120. The summed E-state index contributed by atoms with van der Waals surface area (Å²) in [6.45, 7) is 3.73.